The van der Waals surface area contributed by atoms with E-state index in [0.717, 1.165) is 38.5 Å². The molecule has 6 atom stereocenters. The number of ether oxygens (including phenoxy) is 2. The Morgan fingerprint density at radius 2 is 1.11 bits per heavy atom. The summed E-state index contributed by atoms with van der Waals surface area (Å²) >= 11 is 0. The smallest absolute Gasteiger partial charge is 0.345 e. The van der Waals surface area contributed by atoms with Crippen molar-refractivity contribution in [1.29, 1.82) is 0 Å². The molecule has 0 bridgehead atoms. The molecule has 0 N–H and O–H groups in total. The first-order chi connectivity index (χ1) is 13.1. The lowest BCUT2D eigenvalue weighted by molar-refractivity contribution is -0.159. The number of hydrogen-bond acceptors (Lipinski definition) is 4. The maximum absolute atomic E-state index is 12.6. The monoisotopic (exact) mass is 392 g/mol. The molecule has 28 heavy (non-hydrogen) atoms. The van der Waals surface area contributed by atoms with Crippen LogP contribution in [0.1, 0.15) is 80.1 Å². The second-order valence-corrected chi connectivity index (χ2v) is 10.0. The molecule has 0 spiro atoms. The van der Waals surface area contributed by atoms with E-state index in [1.807, 2.05) is 0 Å². The molecule has 0 radical (unpaired) electrons. The summed E-state index contributed by atoms with van der Waals surface area (Å²) in [6, 6.07) is 0. The summed E-state index contributed by atoms with van der Waals surface area (Å²) < 4.78 is 11.5. The van der Waals surface area contributed by atoms with E-state index >= 15 is 0 Å². The third-order valence-corrected chi connectivity index (χ3v) is 6.93. The van der Waals surface area contributed by atoms with Crippen molar-refractivity contribution in [3.05, 3.63) is 12.2 Å². The van der Waals surface area contributed by atoms with E-state index in [0.29, 0.717) is 35.5 Å². The van der Waals surface area contributed by atoms with Gasteiger partial charge in [-0.2, -0.15) is 0 Å². The van der Waals surface area contributed by atoms with E-state index < -0.39 is 11.9 Å². The van der Waals surface area contributed by atoms with Crippen molar-refractivity contribution in [3.63, 3.8) is 0 Å². The zero-order valence-corrected chi connectivity index (χ0v) is 18.7. The van der Waals surface area contributed by atoms with Crippen molar-refractivity contribution in [2.45, 2.75) is 92.3 Å². The summed E-state index contributed by atoms with van der Waals surface area (Å²) in [5.41, 5.74) is -0.165. The minimum atomic E-state index is -0.611. The standard InChI is InChI=1S/C24H40O4/c1-14(2)19-10-8-16(5)12-21(19)27-23(25)18(7)24(26)28-22-13-17(6)9-11-20(22)15(3)4/h14-17,19-22H,7-13H2,1-6H3. The van der Waals surface area contributed by atoms with E-state index in [9.17, 15) is 9.59 Å². The Labute approximate surface area is 171 Å². The Morgan fingerprint density at radius 3 is 1.43 bits per heavy atom. The first-order valence-electron chi connectivity index (χ1n) is 11.2. The zero-order valence-electron chi connectivity index (χ0n) is 18.7. The molecule has 0 amide bonds. The average Bonchev–Trinajstić information content (AvgIpc) is 2.60. The highest BCUT2D eigenvalue weighted by Gasteiger charge is 2.37. The van der Waals surface area contributed by atoms with Gasteiger partial charge in [-0.25, -0.2) is 9.59 Å². The summed E-state index contributed by atoms with van der Waals surface area (Å²) in [6.07, 6.45) is 5.87. The molecule has 0 aromatic carbocycles. The van der Waals surface area contributed by atoms with Crippen LogP contribution in [0.25, 0.3) is 0 Å². The molecule has 0 heterocycles. The number of esters is 2. The molecular weight excluding hydrogens is 352 g/mol. The van der Waals surface area contributed by atoms with Crippen LogP contribution in [0.3, 0.4) is 0 Å². The van der Waals surface area contributed by atoms with Gasteiger partial charge >= 0.3 is 11.9 Å². The third kappa shape index (κ3) is 5.84. The minimum Gasteiger partial charge on any atom is -0.458 e. The van der Waals surface area contributed by atoms with Crippen molar-refractivity contribution in [2.24, 2.45) is 35.5 Å². The van der Waals surface area contributed by atoms with Gasteiger partial charge in [0, 0.05) is 0 Å². The lowest BCUT2D eigenvalue weighted by Crippen LogP contribution is -2.38. The van der Waals surface area contributed by atoms with Crippen LogP contribution in [0.2, 0.25) is 0 Å². The van der Waals surface area contributed by atoms with Crippen LogP contribution in [-0.2, 0) is 19.1 Å². The molecule has 0 aromatic rings. The second-order valence-electron chi connectivity index (χ2n) is 10.0. The Bertz CT molecular complexity index is 517. The highest BCUT2D eigenvalue weighted by molar-refractivity contribution is 6.13. The van der Waals surface area contributed by atoms with Gasteiger partial charge in [0.05, 0.1) is 0 Å². The molecule has 4 nitrogen and oxygen atoms in total. The highest BCUT2D eigenvalue weighted by atomic mass is 16.6. The largest absolute Gasteiger partial charge is 0.458 e. The Morgan fingerprint density at radius 1 is 0.750 bits per heavy atom. The molecular formula is C24H40O4. The summed E-state index contributed by atoms with van der Waals surface area (Å²) in [6.45, 7) is 16.8. The van der Waals surface area contributed by atoms with Gasteiger partial charge in [-0.1, -0.05) is 61.0 Å². The fraction of sp³-hybridized carbons (Fsp3) is 0.833. The number of carbonyl (C=O) groups is 2. The van der Waals surface area contributed by atoms with E-state index in [1.54, 1.807) is 0 Å². The topological polar surface area (TPSA) is 52.6 Å². The molecule has 2 rings (SSSR count). The molecule has 2 fully saturated rings. The van der Waals surface area contributed by atoms with Crippen molar-refractivity contribution < 1.29 is 19.1 Å². The zero-order chi connectivity index (χ0) is 21.0. The molecule has 4 heteroatoms. The van der Waals surface area contributed by atoms with E-state index in [4.69, 9.17) is 9.47 Å². The lowest BCUT2D eigenvalue weighted by Gasteiger charge is -2.37. The average molecular weight is 393 g/mol. The van der Waals surface area contributed by atoms with E-state index in [2.05, 4.69) is 48.1 Å². The van der Waals surface area contributed by atoms with Gasteiger partial charge in [-0.15, -0.1) is 0 Å². The van der Waals surface area contributed by atoms with Crippen LogP contribution in [-0.4, -0.2) is 24.1 Å². The van der Waals surface area contributed by atoms with Crippen LogP contribution in [0, 0.1) is 35.5 Å². The van der Waals surface area contributed by atoms with Gasteiger partial charge < -0.3 is 9.47 Å². The fourth-order valence-corrected chi connectivity index (χ4v) is 5.00. The fourth-order valence-electron chi connectivity index (χ4n) is 5.00. The molecule has 160 valence electrons. The van der Waals surface area contributed by atoms with E-state index in [1.165, 1.54) is 0 Å². The van der Waals surface area contributed by atoms with Crippen molar-refractivity contribution in [2.75, 3.05) is 0 Å². The molecule has 0 aliphatic heterocycles. The normalized spacial score (nSPS) is 33.6. The van der Waals surface area contributed by atoms with Gasteiger partial charge in [-0.05, 0) is 61.2 Å². The Balaban J connectivity index is 1.97. The second kappa shape index (κ2) is 9.93. The van der Waals surface area contributed by atoms with Gasteiger partial charge in [0.1, 0.15) is 17.8 Å². The van der Waals surface area contributed by atoms with Gasteiger partial charge in [0.25, 0.3) is 0 Å². The molecule has 2 aliphatic rings. The number of carbonyl (C=O) groups excluding carboxylic acids is 2. The molecule has 0 saturated heterocycles. The molecule has 2 aliphatic carbocycles. The number of rotatable bonds is 6. The molecule has 6 unspecified atom stereocenters. The summed E-state index contributed by atoms with van der Waals surface area (Å²) in [7, 11) is 0. The van der Waals surface area contributed by atoms with Crippen molar-refractivity contribution in [1.82, 2.24) is 0 Å². The van der Waals surface area contributed by atoms with E-state index in [-0.39, 0.29) is 17.8 Å². The van der Waals surface area contributed by atoms with Crippen LogP contribution in [0.4, 0.5) is 0 Å². The first-order valence-corrected chi connectivity index (χ1v) is 11.2. The van der Waals surface area contributed by atoms with Crippen molar-refractivity contribution in [3.8, 4) is 0 Å². The summed E-state index contributed by atoms with van der Waals surface area (Å²) in [5.74, 6) is 1.41. The Kier molecular flexibility index (Phi) is 8.15. The Hall–Kier alpha value is -1.32. The summed E-state index contributed by atoms with van der Waals surface area (Å²) in [5, 5.41) is 0. The molecule has 0 aromatic heterocycles. The SMILES string of the molecule is C=C(C(=O)OC1CC(C)CCC1C(C)C)C(=O)OC1CC(C)CCC1C(C)C. The maximum atomic E-state index is 12.6. The first kappa shape index (κ1) is 23.0. The predicted molar refractivity (Wildman–Crippen MR) is 112 cm³/mol. The van der Waals surface area contributed by atoms with Gasteiger partial charge in [0.15, 0.2) is 0 Å². The quantitative estimate of drug-likeness (QED) is 0.257. The van der Waals surface area contributed by atoms with Gasteiger partial charge in [-0.3, -0.25) is 0 Å². The summed E-state index contributed by atoms with van der Waals surface area (Å²) in [4.78, 5) is 25.3. The van der Waals surface area contributed by atoms with Crippen molar-refractivity contribution >= 4 is 11.9 Å². The van der Waals surface area contributed by atoms with Crippen LogP contribution < -0.4 is 0 Å². The molecule has 2 saturated carbocycles. The number of hydrogen-bond donors (Lipinski definition) is 0. The van der Waals surface area contributed by atoms with Crippen LogP contribution in [0.5, 0.6) is 0 Å². The van der Waals surface area contributed by atoms with Crippen LogP contribution in [0.15, 0.2) is 12.2 Å². The minimum absolute atomic E-state index is 0.140. The maximum Gasteiger partial charge on any atom is 0.345 e. The van der Waals surface area contributed by atoms with Gasteiger partial charge in [0.2, 0.25) is 0 Å². The highest BCUT2D eigenvalue weighted by Crippen LogP contribution is 2.37. The third-order valence-electron chi connectivity index (χ3n) is 6.93. The lowest BCUT2D eigenvalue weighted by atomic mass is 9.75. The predicted octanol–water partition coefficient (Wildman–Crippen LogP) is 5.55. The van der Waals surface area contributed by atoms with Crippen LogP contribution >= 0.6 is 0 Å².